The Morgan fingerprint density at radius 3 is 2.64 bits per heavy atom. The second-order valence-electron chi connectivity index (χ2n) is 2.79. The van der Waals surface area contributed by atoms with E-state index in [-0.39, 0.29) is 11.2 Å². The van der Waals surface area contributed by atoms with Gasteiger partial charge >= 0.3 is 13.1 Å². The quantitative estimate of drug-likeness (QED) is 0.460. The maximum Gasteiger partial charge on any atom is 0.488 e. The summed E-state index contributed by atoms with van der Waals surface area (Å²) in [6, 6.07) is 2.76. The van der Waals surface area contributed by atoms with E-state index in [9.17, 15) is 4.79 Å². The van der Waals surface area contributed by atoms with Gasteiger partial charge in [0.1, 0.15) is 5.69 Å². The molecule has 0 unspecified atom stereocenters. The normalized spacial score (nSPS) is 9.71. The predicted octanol–water partition coefficient (Wildman–Crippen LogP) is -1.14. The number of esters is 1. The van der Waals surface area contributed by atoms with Gasteiger partial charge in [-0.2, -0.15) is 0 Å². The first-order valence-electron chi connectivity index (χ1n) is 3.97. The number of hydrogen-bond donors (Lipinski definition) is 2. The fourth-order valence-corrected chi connectivity index (χ4v) is 1.05. The molecular weight excluding hydrogens is 185 g/mol. The fourth-order valence-electron chi connectivity index (χ4n) is 1.05. The lowest BCUT2D eigenvalue weighted by Crippen LogP contribution is -2.31. The molecule has 0 spiro atoms. The van der Waals surface area contributed by atoms with Crippen LogP contribution in [0.25, 0.3) is 0 Å². The van der Waals surface area contributed by atoms with Crippen molar-refractivity contribution in [1.29, 1.82) is 0 Å². The molecule has 0 atom stereocenters. The van der Waals surface area contributed by atoms with Gasteiger partial charge in [-0.15, -0.1) is 0 Å². The molecule has 1 aromatic heterocycles. The Balaban J connectivity index is 3.13. The highest BCUT2D eigenvalue weighted by molar-refractivity contribution is 6.58. The molecule has 0 bridgehead atoms. The van der Waals surface area contributed by atoms with Crippen LogP contribution in [-0.4, -0.2) is 35.2 Å². The topological polar surface area (TPSA) is 79.7 Å². The molecule has 0 radical (unpaired) electrons. The number of carbonyl (C=O) groups excluding carboxylic acids is 1. The van der Waals surface area contributed by atoms with Gasteiger partial charge in [-0.05, 0) is 24.5 Å². The zero-order chi connectivity index (χ0) is 10.7. The smallest absolute Gasteiger partial charge is 0.464 e. The van der Waals surface area contributed by atoms with Crippen molar-refractivity contribution in [1.82, 2.24) is 4.98 Å². The highest BCUT2D eigenvalue weighted by Gasteiger charge is 2.16. The van der Waals surface area contributed by atoms with E-state index in [0.717, 1.165) is 0 Å². The standard InChI is InChI=1S/C8H10BNO4/c1-5-3-6(9(12)13)4-7(10-5)8(11)14-2/h3-4,12-13H,1-2H3. The lowest BCUT2D eigenvalue weighted by atomic mass is 9.80. The minimum Gasteiger partial charge on any atom is -0.464 e. The maximum absolute atomic E-state index is 11.1. The Morgan fingerprint density at radius 2 is 2.14 bits per heavy atom. The van der Waals surface area contributed by atoms with Crippen LogP contribution in [0.5, 0.6) is 0 Å². The Labute approximate surface area is 81.5 Å². The molecule has 1 aromatic rings. The summed E-state index contributed by atoms with van der Waals surface area (Å²) in [4.78, 5) is 15.0. The van der Waals surface area contributed by atoms with Crippen molar-refractivity contribution in [2.45, 2.75) is 6.92 Å². The van der Waals surface area contributed by atoms with Gasteiger partial charge in [0.05, 0.1) is 7.11 Å². The van der Waals surface area contributed by atoms with E-state index in [1.165, 1.54) is 19.2 Å². The molecule has 14 heavy (non-hydrogen) atoms. The van der Waals surface area contributed by atoms with Gasteiger partial charge in [-0.1, -0.05) is 0 Å². The third kappa shape index (κ3) is 2.30. The van der Waals surface area contributed by atoms with Crippen LogP contribution in [0.3, 0.4) is 0 Å². The van der Waals surface area contributed by atoms with Crippen LogP contribution in [-0.2, 0) is 4.74 Å². The van der Waals surface area contributed by atoms with Gasteiger partial charge in [-0.3, -0.25) is 0 Å². The first kappa shape index (κ1) is 10.7. The van der Waals surface area contributed by atoms with Crippen LogP contribution in [0.1, 0.15) is 16.2 Å². The molecule has 0 aromatic carbocycles. The predicted molar refractivity (Wildman–Crippen MR) is 50.1 cm³/mol. The zero-order valence-electron chi connectivity index (χ0n) is 7.89. The van der Waals surface area contributed by atoms with Crippen molar-refractivity contribution < 1.29 is 19.6 Å². The molecule has 0 amide bonds. The van der Waals surface area contributed by atoms with Crippen LogP contribution < -0.4 is 5.46 Å². The SMILES string of the molecule is COC(=O)c1cc(B(O)O)cc(C)n1. The Bertz CT molecular complexity index is 353. The van der Waals surface area contributed by atoms with Crippen molar-refractivity contribution in [2.24, 2.45) is 0 Å². The molecule has 6 heteroatoms. The van der Waals surface area contributed by atoms with Crippen molar-refractivity contribution in [2.75, 3.05) is 7.11 Å². The first-order chi connectivity index (χ1) is 6.54. The number of aryl methyl sites for hydroxylation is 1. The molecule has 0 aliphatic carbocycles. The molecule has 74 valence electrons. The van der Waals surface area contributed by atoms with Gasteiger partial charge in [0.25, 0.3) is 0 Å². The number of rotatable bonds is 2. The number of ether oxygens (including phenoxy) is 1. The van der Waals surface area contributed by atoms with Crippen LogP contribution in [0, 0.1) is 6.92 Å². The second kappa shape index (κ2) is 4.21. The van der Waals surface area contributed by atoms with Crippen LogP contribution >= 0.6 is 0 Å². The minimum absolute atomic E-state index is 0.0654. The van der Waals surface area contributed by atoms with E-state index < -0.39 is 13.1 Å². The number of nitrogens with zero attached hydrogens (tertiary/aromatic N) is 1. The fraction of sp³-hybridized carbons (Fsp3) is 0.250. The van der Waals surface area contributed by atoms with E-state index in [1.807, 2.05) is 0 Å². The molecule has 1 heterocycles. The lowest BCUT2D eigenvalue weighted by molar-refractivity contribution is 0.0594. The van der Waals surface area contributed by atoms with E-state index in [0.29, 0.717) is 5.69 Å². The summed E-state index contributed by atoms with van der Waals surface area (Å²) in [6.07, 6.45) is 0. The summed E-state index contributed by atoms with van der Waals surface area (Å²) >= 11 is 0. The van der Waals surface area contributed by atoms with E-state index in [4.69, 9.17) is 10.0 Å². The highest BCUT2D eigenvalue weighted by Crippen LogP contribution is 1.98. The maximum atomic E-state index is 11.1. The highest BCUT2D eigenvalue weighted by atomic mass is 16.5. The van der Waals surface area contributed by atoms with Crippen molar-refractivity contribution in [3.05, 3.63) is 23.5 Å². The summed E-state index contributed by atoms with van der Waals surface area (Å²) in [5.74, 6) is -0.601. The molecule has 0 fully saturated rings. The Morgan fingerprint density at radius 1 is 1.50 bits per heavy atom. The van der Waals surface area contributed by atoms with Crippen molar-refractivity contribution >= 4 is 18.6 Å². The van der Waals surface area contributed by atoms with Crippen LogP contribution in [0.15, 0.2) is 12.1 Å². The number of pyridine rings is 1. The molecule has 0 aliphatic heterocycles. The summed E-state index contributed by atoms with van der Waals surface area (Å²) in [6.45, 7) is 1.65. The minimum atomic E-state index is -1.61. The summed E-state index contributed by atoms with van der Waals surface area (Å²) in [5.41, 5.74) is 0.810. The average Bonchev–Trinajstić information content (AvgIpc) is 2.15. The van der Waals surface area contributed by atoms with Gasteiger partial charge in [0.15, 0.2) is 0 Å². The average molecular weight is 195 g/mol. The zero-order valence-corrected chi connectivity index (χ0v) is 7.89. The van der Waals surface area contributed by atoms with Gasteiger partial charge in [-0.25, -0.2) is 9.78 Å². The molecular formula is C8H10BNO4. The lowest BCUT2D eigenvalue weighted by Gasteiger charge is -2.04. The summed E-state index contributed by atoms with van der Waals surface area (Å²) in [5, 5.41) is 17.8. The second-order valence-corrected chi connectivity index (χ2v) is 2.79. The number of aromatic nitrogens is 1. The molecule has 0 saturated carbocycles. The van der Waals surface area contributed by atoms with E-state index in [1.54, 1.807) is 6.92 Å². The molecule has 0 saturated heterocycles. The Kier molecular flexibility index (Phi) is 3.21. The third-order valence-electron chi connectivity index (χ3n) is 1.67. The third-order valence-corrected chi connectivity index (χ3v) is 1.67. The Hall–Kier alpha value is -1.40. The number of methoxy groups -OCH3 is 1. The van der Waals surface area contributed by atoms with Crippen molar-refractivity contribution in [3.63, 3.8) is 0 Å². The van der Waals surface area contributed by atoms with Gasteiger partial charge in [0.2, 0.25) is 0 Å². The number of carbonyl (C=O) groups is 1. The number of hydrogen-bond acceptors (Lipinski definition) is 5. The van der Waals surface area contributed by atoms with Crippen molar-refractivity contribution in [3.8, 4) is 0 Å². The van der Waals surface area contributed by atoms with Crippen LogP contribution in [0.4, 0.5) is 0 Å². The molecule has 1 rings (SSSR count). The monoisotopic (exact) mass is 195 g/mol. The summed E-state index contributed by atoms with van der Waals surface area (Å²) < 4.78 is 4.46. The molecule has 2 N–H and O–H groups in total. The molecule has 5 nitrogen and oxygen atoms in total. The van der Waals surface area contributed by atoms with Gasteiger partial charge < -0.3 is 14.8 Å². The molecule has 0 aliphatic rings. The van der Waals surface area contributed by atoms with E-state index >= 15 is 0 Å². The first-order valence-corrected chi connectivity index (χ1v) is 3.97. The summed E-state index contributed by atoms with van der Waals surface area (Å²) in [7, 11) is -0.374. The van der Waals surface area contributed by atoms with Gasteiger partial charge in [0, 0.05) is 5.69 Å². The van der Waals surface area contributed by atoms with Crippen LogP contribution in [0.2, 0.25) is 0 Å². The van der Waals surface area contributed by atoms with E-state index in [2.05, 4.69) is 9.72 Å². The largest absolute Gasteiger partial charge is 0.488 e.